The van der Waals surface area contributed by atoms with Gasteiger partial charge in [-0.3, -0.25) is 0 Å². The van der Waals surface area contributed by atoms with Crippen LogP contribution in [-0.2, 0) is 0 Å². The Bertz CT molecular complexity index is 84.2. The highest BCUT2D eigenvalue weighted by molar-refractivity contribution is 5.73. The Hall–Kier alpha value is -0.730. The van der Waals surface area contributed by atoms with Gasteiger partial charge >= 0.3 is 6.03 Å². The van der Waals surface area contributed by atoms with E-state index in [9.17, 15) is 4.79 Å². The largest absolute Gasteiger partial charge is 0.341 e. The van der Waals surface area contributed by atoms with Crippen molar-refractivity contribution >= 4 is 6.03 Å². The first-order chi connectivity index (χ1) is 5.31. The molecule has 0 heterocycles. The third-order valence-corrected chi connectivity index (χ3v) is 1.04. The van der Waals surface area contributed by atoms with Gasteiger partial charge in [0.2, 0.25) is 0 Å². The summed E-state index contributed by atoms with van der Waals surface area (Å²) >= 11 is 0. The number of carbonyl (C=O) groups excluding carboxylic acids is 1. The first-order valence-corrected chi connectivity index (χ1v) is 4.26. The van der Waals surface area contributed by atoms with Crippen molar-refractivity contribution in [1.82, 2.24) is 10.6 Å². The van der Waals surface area contributed by atoms with Gasteiger partial charge in [0.1, 0.15) is 0 Å². The average molecular weight is 160 g/mol. The van der Waals surface area contributed by atoms with Crippen LogP contribution in [0.4, 0.5) is 4.79 Å². The fourth-order valence-electron chi connectivity index (χ4n) is 0.467. The summed E-state index contributed by atoms with van der Waals surface area (Å²) in [6.45, 7) is 6.86. The summed E-state index contributed by atoms with van der Waals surface area (Å²) in [7, 11) is 1.61. The van der Waals surface area contributed by atoms with E-state index in [1.54, 1.807) is 7.05 Å². The number of hydrogen-bond donors (Lipinski definition) is 2. The molecule has 0 saturated heterocycles. The highest BCUT2D eigenvalue weighted by atomic mass is 16.2. The number of carbonyl (C=O) groups is 1. The van der Waals surface area contributed by atoms with Gasteiger partial charge in [0.15, 0.2) is 0 Å². The minimum absolute atomic E-state index is 0.0940. The van der Waals surface area contributed by atoms with Gasteiger partial charge in [0.25, 0.3) is 0 Å². The third kappa shape index (κ3) is 12.5. The lowest BCUT2D eigenvalue weighted by atomic mass is 10.3. The molecule has 0 saturated carbocycles. The molecule has 0 aromatic rings. The maximum absolute atomic E-state index is 10.5. The van der Waals surface area contributed by atoms with Crippen LogP contribution in [0.25, 0.3) is 0 Å². The molecule has 0 aromatic heterocycles. The lowest BCUT2D eigenvalue weighted by Crippen LogP contribution is -2.33. The normalized spacial score (nSPS) is 7.64. The molecule has 0 atom stereocenters. The second-order valence-corrected chi connectivity index (χ2v) is 1.86. The van der Waals surface area contributed by atoms with E-state index in [1.165, 1.54) is 0 Å². The number of rotatable bonds is 3. The molecule has 0 spiro atoms. The van der Waals surface area contributed by atoms with E-state index in [2.05, 4.69) is 17.6 Å². The second-order valence-electron chi connectivity index (χ2n) is 1.86. The molecule has 3 nitrogen and oxygen atoms in total. The second kappa shape index (κ2) is 12.0. The van der Waals surface area contributed by atoms with Crippen LogP contribution in [0.5, 0.6) is 0 Å². The average Bonchev–Trinajstić information content (AvgIpc) is 2.08. The molecule has 0 bridgehead atoms. The molecule has 11 heavy (non-hydrogen) atoms. The Morgan fingerprint density at radius 3 is 2.27 bits per heavy atom. The van der Waals surface area contributed by atoms with Crippen LogP contribution in [0.15, 0.2) is 0 Å². The van der Waals surface area contributed by atoms with Crippen molar-refractivity contribution in [3.63, 3.8) is 0 Å². The first-order valence-electron chi connectivity index (χ1n) is 4.26. The molecule has 3 heteroatoms. The molecule has 0 aliphatic heterocycles. The van der Waals surface area contributed by atoms with Gasteiger partial charge in [-0.25, -0.2) is 4.79 Å². The van der Waals surface area contributed by atoms with Gasteiger partial charge in [0.05, 0.1) is 0 Å². The van der Waals surface area contributed by atoms with Crippen molar-refractivity contribution in [2.45, 2.75) is 33.6 Å². The van der Waals surface area contributed by atoms with Crippen molar-refractivity contribution in [2.24, 2.45) is 0 Å². The Balaban J connectivity index is 0. The predicted molar refractivity (Wildman–Crippen MR) is 48.7 cm³/mol. The van der Waals surface area contributed by atoms with Crippen LogP contribution >= 0.6 is 0 Å². The number of hydrogen-bond acceptors (Lipinski definition) is 1. The summed E-state index contributed by atoms with van der Waals surface area (Å²) in [5, 5.41) is 5.16. The molecule has 0 unspecified atom stereocenters. The third-order valence-electron chi connectivity index (χ3n) is 1.04. The Morgan fingerprint density at radius 1 is 1.36 bits per heavy atom. The van der Waals surface area contributed by atoms with Crippen LogP contribution in [0, 0.1) is 0 Å². The SMILES string of the molecule is CC.CCCCNC(=O)NC. The van der Waals surface area contributed by atoms with Crippen molar-refractivity contribution in [3.8, 4) is 0 Å². The molecule has 2 amide bonds. The van der Waals surface area contributed by atoms with Crippen molar-refractivity contribution in [2.75, 3.05) is 13.6 Å². The summed E-state index contributed by atoms with van der Waals surface area (Å²) in [6, 6.07) is -0.0940. The van der Waals surface area contributed by atoms with E-state index in [1.807, 2.05) is 13.8 Å². The van der Waals surface area contributed by atoms with Crippen LogP contribution in [-0.4, -0.2) is 19.6 Å². The zero-order chi connectivity index (χ0) is 9.11. The quantitative estimate of drug-likeness (QED) is 0.607. The highest BCUT2D eigenvalue weighted by Crippen LogP contribution is 1.81. The van der Waals surface area contributed by atoms with Crippen molar-refractivity contribution in [3.05, 3.63) is 0 Å². The molecule has 0 aromatic carbocycles. The summed E-state index contributed by atoms with van der Waals surface area (Å²) in [4.78, 5) is 10.5. The van der Waals surface area contributed by atoms with E-state index < -0.39 is 0 Å². The molecule has 0 aliphatic carbocycles. The van der Waals surface area contributed by atoms with Crippen LogP contribution in [0.2, 0.25) is 0 Å². The van der Waals surface area contributed by atoms with Gasteiger partial charge in [-0.1, -0.05) is 27.2 Å². The number of nitrogens with one attached hydrogen (secondary N) is 2. The molecule has 68 valence electrons. The number of amides is 2. The van der Waals surface area contributed by atoms with Crippen LogP contribution < -0.4 is 10.6 Å². The van der Waals surface area contributed by atoms with E-state index in [4.69, 9.17) is 0 Å². The summed E-state index contributed by atoms with van der Waals surface area (Å²) in [5.74, 6) is 0. The maximum atomic E-state index is 10.5. The van der Waals surface area contributed by atoms with E-state index >= 15 is 0 Å². The van der Waals surface area contributed by atoms with Gasteiger partial charge in [-0.05, 0) is 6.42 Å². The first kappa shape index (κ1) is 12.9. The summed E-state index contributed by atoms with van der Waals surface area (Å²) in [6.07, 6.45) is 2.16. The number of urea groups is 1. The lowest BCUT2D eigenvalue weighted by Gasteiger charge is -2.00. The van der Waals surface area contributed by atoms with Gasteiger partial charge in [-0.15, -0.1) is 0 Å². The molecule has 0 aliphatic rings. The van der Waals surface area contributed by atoms with Gasteiger partial charge in [0, 0.05) is 13.6 Å². The highest BCUT2D eigenvalue weighted by Gasteiger charge is 1.90. The Morgan fingerprint density at radius 2 is 1.91 bits per heavy atom. The molecule has 0 radical (unpaired) electrons. The molecular formula is C8H20N2O. The lowest BCUT2D eigenvalue weighted by molar-refractivity contribution is 0.243. The molecule has 0 rings (SSSR count). The summed E-state index contributed by atoms with van der Waals surface area (Å²) < 4.78 is 0. The Labute approximate surface area is 69.6 Å². The molecular weight excluding hydrogens is 140 g/mol. The van der Waals surface area contributed by atoms with E-state index in [0.29, 0.717) is 0 Å². The fraction of sp³-hybridized carbons (Fsp3) is 0.875. The monoisotopic (exact) mass is 160 g/mol. The minimum Gasteiger partial charge on any atom is -0.341 e. The predicted octanol–water partition coefficient (Wildman–Crippen LogP) is 1.74. The molecule has 0 fully saturated rings. The molecule has 2 N–H and O–H groups in total. The topological polar surface area (TPSA) is 41.1 Å². The Kier molecular flexibility index (Phi) is 14.1. The van der Waals surface area contributed by atoms with E-state index in [0.717, 1.165) is 19.4 Å². The fourth-order valence-corrected chi connectivity index (χ4v) is 0.467. The minimum atomic E-state index is -0.0940. The smallest absolute Gasteiger partial charge is 0.314 e. The van der Waals surface area contributed by atoms with Gasteiger partial charge < -0.3 is 10.6 Å². The van der Waals surface area contributed by atoms with Crippen LogP contribution in [0.1, 0.15) is 33.6 Å². The van der Waals surface area contributed by atoms with Crippen molar-refractivity contribution in [1.29, 1.82) is 0 Å². The van der Waals surface area contributed by atoms with Gasteiger partial charge in [-0.2, -0.15) is 0 Å². The standard InChI is InChI=1S/C6H14N2O.C2H6/c1-3-4-5-8-6(9)7-2;1-2/h3-5H2,1-2H3,(H2,7,8,9);1-2H3. The van der Waals surface area contributed by atoms with Crippen molar-refractivity contribution < 1.29 is 4.79 Å². The van der Waals surface area contributed by atoms with E-state index in [-0.39, 0.29) is 6.03 Å². The maximum Gasteiger partial charge on any atom is 0.314 e. The number of unbranched alkanes of at least 4 members (excludes halogenated alkanes) is 1. The summed E-state index contributed by atoms with van der Waals surface area (Å²) in [5.41, 5.74) is 0. The zero-order valence-corrected chi connectivity index (χ0v) is 8.03. The van der Waals surface area contributed by atoms with Crippen LogP contribution in [0.3, 0.4) is 0 Å². The zero-order valence-electron chi connectivity index (χ0n) is 8.03.